The number of fused-ring (bicyclic) bond motifs is 8. The minimum Gasteiger partial charge on any atom is -0.308 e. The minimum absolute atomic E-state index is 0.632. The fourth-order valence-electron chi connectivity index (χ4n) is 8.71. The van der Waals surface area contributed by atoms with Crippen molar-refractivity contribution in [1.29, 1.82) is 0 Å². The molecule has 0 aliphatic rings. The largest absolute Gasteiger partial charge is 0.308 e. The van der Waals surface area contributed by atoms with Crippen molar-refractivity contribution in [2.24, 2.45) is 0 Å². The quantitative estimate of drug-likeness (QED) is 0.169. The van der Waals surface area contributed by atoms with E-state index >= 15 is 0 Å². The number of para-hydroxylation sites is 3. The van der Waals surface area contributed by atoms with Gasteiger partial charge in [-0.25, -0.2) is 15.0 Å². The van der Waals surface area contributed by atoms with Gasteiger partial charge in [0.2, 0.25) is 5.95 Å². The molecule has 0 amide bonds. The minimum atomic E-state index is 0.632. The van der Waals surface area contributed by atoms with Crippen LogP contribution in [-0.4, -0.2) is 24.1 Å². The van der Waals surface area contributed by atoms with Crippen molar-refractivity contribution in [3.63, 3.8) is 0 Å². The van der Waals surface area contributed by atoms with Gasteiger partial charge in [-0.1, -0.05) is 152 Å². The normalized spacial score (nSPS) is 11.7. The molecular weight excluding hydrogens is 739 g/mol. The molecule has 4 aromatic heterocycles. The molecule has 0 radical (unpaired) electrons. The molecule has 0 atom stereocenters. The van der Waals surface area contributed by atoms with E-state index < -0.39 is 0 Å². The lowest BCUT2D eigenvalue weighted by molar-refractivity contribution is 0.996. The van der Waals surface area contributed by atoms with Crippen molar-refractivity contribution >= 4 is 65.2 Å². The lowest BCUT2D eigenvalue weighted by Crippen LogP contribution is -2.04. The Morgan fingerprint density at radius 2 is 0.966 bits per heavy atom. The van der Waals surface area contributed by atoms with Crippen LogP contribution in [0.3, 0.4) is 0 Å². The van der Waals surface area contributed by atoms with Crippen LogP contribution in [0.1, 0.15) is 0 Å². The Labute approximate surface area is 343 Å². The summed E-state index contributed by atoms with van der Waals surface area (Å²) in [4.78, 5) is 15.8. The highest BCUT2D eigenvalue weighted by atomic mass is 32.1. The van der Waals surface area contributed by atoms with Gasteiger partial charge in [-0.05, 0) is 54.1 Å². The van der Waals surface area contributed by atoms with E-state index in [0.29, 0.717) is 5.95 Å². The van der Waals surface area contributed by atoms with Crippen LogP contribution in [-0.2, 0) is 0 Å². The van der Waals surface area contributed by atoms with Crippen molar-refractivity contribution in [2.45, 2.75) is 0 Å². The van der Waals surface area contributed by atoms with Crippen LogP contribution in [0.25, 0.3) is 110 Å². The van der Waals surface area contributed by atoms with Crippen molar-refractivity contribution in [1.82, 2.24) is 24.1 Å². The van der Waals surface area contributed by atoms with Crippen molar-refractivity contribution in [3.05, 3.63) is 200 Å². The van der Waals surface area contributed by atoms with Crippen LogP contribution < -0.4 is 0 Å². The molecule has 12 rings (SSSR count). The van der Waals surface area contributed by atoms with Crippen molar-refractivity contribution < 1.29 is 0 Å². The first-order valence-electron chi connectivity index (χ1n) is 19.8. The standard InChI is InChI=1S/C53H33N5S/c1-5-16-34(17-6-1)45-33-46(35-18-7-2-8-19-35)56-53(55-45)58-47-27-14-13-24-40(47)41-26-15-25-39(49(41)58)37-28-31-48-43(32-37)42-29-30-44-51(50(42)57(48)38-22-11-4-12-23-38)59-52(54-44)36-20-9-3-10-21-36/h1-33H. The zero-order chi connectivity index (χ0) is 38.9. The Balaban J connectivity index is 1.13. The maximum atomic E-state index is 5.33. The molecule has 6 heteroatoms. The Kier molecular flexibility index (Phi) is 7.64. The Hall–Kier alpha value is -7.67. The number of hydrogen-bond acceptors (Lipinski definition) is 4. The molecule has 0 saturated carbocycles. The van der Waals surface area contributed by atoms with Gasteiger partial charge in [0, 0.05) is 49.5 Å². The van der Waals surface area contributed by atoms with Gasteiger partial charge in [-0.15, -0.1) is 11.3 Å². The number of rotatable bonds is 6. The summed E-state index contributed by atoms with van der Waals surface area (Å²) < 4.78 is 5.85. The first-order chi connectivity index (χ1) is 29.3. The summed E-state index contributed by atoms with van der Waals surface area (Å²) in [7, 11) is 0. The zero-order valence-corrected chi connectivity index (χ0v) is 32.5. The summed E-state index contributed by atoms with van der Waals surface area (Å²) in [5, 5.41) is 5.71. The summed E-state index contributed by atoms with van der Waals surface area (Å²) in [6.07, 6.45) is 0. The lowest BCUT2D eigenvalue weighted by atomic mass is 10.00. The van der Waals surface area contributed by atoms with Gasteiger partial charge in [-0.2, -0.15) is 0 Å². The van der Waals surface area contributed by atoms with Crippen molar-refractivity contribution in [2.75, 3.05) is 0 Å². The topological polar surface area (TPSA) is 48.5 Å². The third-order valence-electron chi connectivity index (χ3n) is 11.4. The summed E-state index contributed by atoms with van der Waals surface area (Å²) in [6, 6.07) is 70.6. The molecule has 276 valence electrons. The van der Waals surface area contributed by atoms with Gasteiger partial charge in [0.25, 0.3) is 0 Å². The molecule has 0 aliphatic heterocycles. The zero-order valence-electron chi connectivity index (χ0n) is 31.7. The van der Waals surface area contributed by atoms with Gasteiger partial charge in [-0.3, -0.25) is 4.57 Å². The van der Waals surface area contributed by atoms with Crippen molar-refractivity contribution in [3.8, 4) is 55.8 Å². The fraction of sp³-hybridized carbons (Fsp3) is 0. The SMILES string of the molecule is c1ccc(-c2cc(-c3ccccc3)nc(-n3c4ccccc4c4cccc(-c5ccc6c(c5)c5ccc7nc(-c8ccccc8)sc7c5n6-c5ccccc5)c43)n2)cc1. The lowest BCUT2D eigenvalue weighted by Gasteiger charge is -2.14. The number of hydrogen-bond donors (Lipinski definition) is 0. The van der Waals surface area contributed by atoms with Crippen LogP contribution in [0.4, 0.5) is 0 Å². The second kappa shape index (κ2) is 13.5. The molecule has 0 fully saturated rings. The summed E-state index contributed by atoms with van der Waals surface area (Å²) >= 11 is 1.76. The molecule has 4 heterocycles. The van der Waals surface area contributed by atoms with E-state index in [0.717, 1.165) is 82.7 Å². The highest BCUT2D eigenvalue weighted by Gasteiger charge is 2.22. The first kappa shape index (κ1) is 33.5. The predicted octanol–water partition coefficient (Wildman–Crippen LogP) is 13.9. The molecule has 0 saturated heterocycles. The molecule has 5 nitrogen and oxygen atoms in total. The second-order valence-electron chi connectivity index (χ2n) is 14.8. The Bertz CT molecular complexity index is 3480. The van der Waals surface area contributed by atoms with E-state index in [-0.39, 0.29) is 0 Å². The maximum absolute atomic E-state index is 5.33. The number of thiazole rings is 1. The van der Waals surface area contributed by atoms with Gasteiger partial charge in [0.15, 0.2) is 0 Å². The number of nitrogens with zero attached hydrogens (tertiary/aromatic N) is 5. The summed E-state index contributed by atoms with van der Waals surface area (Å²) in [6.45, 7) is 0. The smallest absolute Gasteiger partial charge is 0.235 e. The summed E-state index contributed by atoms with van der Waals surface area (Å²) in [5.41, 5.74) is 13.8. The molecule has 12 aromatic rings. The van der Waals surface area contributed by atoms with E-state index in [2.05, 4.69) is 197 Å². The molecule has 0 aliphatic carbocycles. The van der Waals surface area contributed by atoms with E-state index in [1.54, 1.807) is 11.3 Å². The van der Waals surface area contributed by atoms with Gasteiger partial charge in [0.05, 0.1) is 43.7 Å². The Morgan fingerprint density at radius 1 is 0.373 bits per heavy atom. The van der Waals surface area contributed by atoms with E-state index in [4.69, 9.17) is 15.0 Å². The van der Waals surface area contributed by atoms with Gasteiger partial charge in [0.1, 0.15) is 5.01 Å². The average molecular weight is 772 g/mol. The van der Waals surface area contributed by atoms with Crippen LogP contribution >= 0.6 is 11.3 Å². The highest BCUT2D eigenvalue weighted by Crippen LogP contribution is 2.44. The van der Waals surface area contributed by atoms with Crippen LogP contribution in [0.5, 0.6) is 0 Å². The average Bonchev–Trinajstić information content (AvgIpc) is 4.00. The molecule has 0 N–H and O–H groups in total. The summed E-state index contributed by atoms with van der Waals surface area (Å²) in [5.74, 6) is 0.632. The highest BCUT2D eigenvalue weighted by molar-refractivity contribution is 7.22. The fourth-order valence-corrected chi connectivity index (χ4v) is 9.82. The third-order valence-corrected chi connectivity index (χ3v) is 12.5. The molecule has 0 bridgehead atoms. The maximum Gasteiger partial charge on any atom is 0.235 e. The van der Waals surface area contributed by atoms with Crippen LogP contribution in [0.15, 0.2) is 200 Å². The van der Waals surface area contributed by atoms with Crippen LogP contribution in [0.2, 0.25) is 0 Å². The number of benzene rings is 8. The number of aromatic nitrogens is 5. The molecule has 0 unspecified atom stereocenters. The monoisotopic (exact) mass is 771 g/mol. The predicted molar refractivity (Wildman–Crippen MR) is 246 cm³/mol. The van der Waals surface area contributed by atoms with Gasteiger partial charge >= 0.3 is 0 Å². The first-order valence-corrected chi connectivity index (χ1v) is 20.6. The molecule has 0 spiro atoms. The molecule has 59 heavy (non-hydrogen) atoms. The van der Waals surface area contributed by atoms with Crippen LogP contribution in [0, 0.1) is 0 Å². The second-order valence-corrected chi connectivity index (χ2v) is 15.8. The molecule has 8 aromatic carbocycles. The van der Waals surface area contributed by atoms with E-state index in [1.807, 2.05) is 12.1 Å². The van der Waals surface area contributed by atoms with E-state index in [9.17, 15) is 0 Å². The third kappa shape index (κ3) is 5.42. The Morgan fingerprint density at radius 3 is 1.68 bits per heavy atom. The van der Waals surface area contributed by atoms with E-state index in [1.165, 1.54) is 21.0 Å². The molecular formula is C53H33N5S. The van der Waals surface area contributed by atoms with Gasteiger partial charge < -0.3 is 4.57 Å².